The summed E-state index contributed by atoms with van der Waals surface area (Å²) in [5.41, 5.74) is -0.904. The second-order valence-corrected chi connectivity index (χ2v) is 12.0. The summed E-state index contributed by atoms with van der Waals surface area (Å²) in [4.78, 5) is 53.1. The third kappa shape index (κ3) is 5.20. The summed E-state index contributed by atoms with van der Waals surface area (Å²) in [6.07, 6.45) is 5.79. The lowest BCUT2D eigenvalue weighted by Gasteiger charge is -2.37. The summed E-state index contributed by atoms with van der Waals surface area (Å²) < 4.78 is 27.4. The molecule has 1 saturated carbocycles. The summed E-state index contributed by atoms with van der Waals surface area (Å²) in [6.45, 7) is 6.26. The molecule has 0 spiro atoms. The Hall–Kier alpha value is -3.03. The van der Waals surface area contributed by atoms with E-state index < -0.39 is 47.2 Å². The second-order valence-electron chi connectivity index (χ2n) is 12.0. The molecule has 3 fully saturated rings. The third-order valence-corrected chi connectivity index (χ3v) is 8.29. The maximum Gasteiger partial charge on any atom is 0.321 e. The molecule has 8 atom stereocenters. The van der Waals surface area contributed by atoms with Crippen LogP contribution in [0.15, 0.2) is 12.2 Å². The molecule has 37 heavy (non-hydrogen) atoms. The molecule has 2 saturated heterocycles. The number of likely N-dealkylation sites (tertiary alicyclic amines) is 1. The minimum Gasteiger partial charge on any atom is -0.356 e. The van der Waals surface area contributed by atoms with E-state index in [0.717, 1.165) is 6.42 Å². The molecule has 0 radical (unpaired) electrons. The smallest absolute Gasteiger partial charge is 0.321 e. The van der Waals surface area contributed by atoms with E-state index in [1.54, 1.807) is 20.8 Å². The number of nitriles is 1. The number of hydrogen-bond acceptors (Lipinski definition) is 5. The normalized spacial score (nSPS) is 31.9. The summed E-state index contributed by atoms with van der Waals surface area (Å²) in [6, 6.07) is -1.04. The van der Waals surface area contributed by atoms with Crippen LogP contribution in [0.2, 0.25) is 0 Å². The number of carbonyl (C=O) groups is 4. The van der Waals surface area contributed by atoms with E-state index in [4.69, 9.17) is 0 Å². The molecule has 4 rings (SSSR count). The van der Waals surface area contributed by atoms with Gasteiger partial charge >= 0.3 is 5.92 Å². The van der Waals surface area contributed by atoms with E-state index in [-0.39, 0.29) is 48.5 Å². The summed E-state index contributed by atoms with van der Waals surface area (Å²) >= 11 is 0. The van der Waals surface area contributed by atoms with Crippen molar-refractivity contribution in [3.05, 3.63) is 12.2 Å². The first kappa shape index (κ1) is 27.0. The number of nitrogens with one attached hydrogen (secondary N) is 3. The number of fused-ring (bicyclic) bond motifs is 5. The van der Waals surface area contributed by atoms with Crippen molar-refractivity contribution in [1.82, 2.24) is 20.9 Å². The van der Waals surface area contributed by atoms with Crippen LogP contribution >= 0.6 is 0 Å². The standard InChI is InChI=1S/C26H35F2N5O4/c1-25(2,3)20(32-24(37)26(4,27)28)23(36)33-12-17-13-5-6-14(9-13)18(17)19(33)22(35)31-16(11-29)10-15-7-8-30-21(15)34/h5-6,13-20H,7-10,12H2,1-4H3,(H,30,34)(H,31,35)(H,32,37)/t13-,14+,15+,16+,17-,18+,19+,20-/m1/s1. The van der Waals surface area contributed by atoms with Crippen molar-refractivity contribution in [3.63, 3.8) is 0 Å². The summed E-state index contributed by atoms with van der Waals surface area (Å²) in [7, 11) is 0. The highest BCUT2D eigenvalue weighted by Crippen LogP contribution is 2.54. The highest BCUT2D eigenvalue weighted by Gasteiger charge is 2.59. The first-order chi connectivity index (χ1) is 17.2. The van der Waals surface area contributed by atoms with Crippen LogP contribution in [-0.4, -0.2) is 65.7 Å². The average molecular weight is 520 g/mol. The molecule has 2 heterocycles. The van der Waals surface area contributed by atoms with E-state index in [1.165, 1.54) is 4.90 Å². The zero-order valence-electron chi connectivity index (χ0n) is 21.6. The number of allylic oxidation sites excluding steroid dienone is 2. The fraction of sp³-hybridized carbons (Fsp3) is 0.731. The minimum absolute atomic E-state index is 0.0276. The fourth-order valence-electron chi connectivity index (χ4n) is 6.41. The quantitative estimate of drug-likeness (QED) is 0.437. The molecule has 3 N–H and O–H groups in total. The number of nitrogens with zero attached hydrogens (tertiary/aromatic N) is 2. The first-order valence-electron chi connectivity index (χ1n) is 12.9. The minimum atomic E-state index is -3.67. The van der Waals surface area contributed by atoms with Crippen LogP contribution in [0.1, 0.15) is 47.0 Å². The molecule has 0 aromatic carbocycles. The van der Waals surface area contributed by atoms with Gasteiger partial charge in [-0.05, 0) is 48.3 Å². The molecule has 0 aromatic heterocycles. The molecule has 11 heteroatoms. The van der Waals surface area contributed by atoms with Crippen LogP contribution in [-0.2, 0) is 19.2 Å². The molecule has 0 aromatic rings. The van der Waals surface area contributed by atoms with Gasteiger partial charge in [0.2, 0.25) is 17.7 Å². The number of halogens is 2. The first-order valence-corrected chi connectivity index (χ1v) is 12.9. The van der Waals surface area contributed by atoms with Gasteiger partial charge in [-0.15, -0.1) is 0 Å². The Morgan fingerprint density at radius 2 is 1.86 bits per heavy atom. The number of amides is 4. The maximum absolute atomic E-state index is 13.9. The van der Waals surface area contributed by atoms with Gasteiger partial charge in [0.25, 0.3) is 5.91 Å². The molecular weight excluding hydrogens is 484 g/mol. The number of carbonyl (C=O) groups excluding carboxylic acids is 4. The topological polar surface area (TPSA) is 131 Å². The van der Waals surface area contributed by atoms with Crippen molar-refractivity contribution in [2.45, 2.75) is 71.0 Å². The Bertz CT molecular complexity index is 1040. The van der Waals surface area contributed by atoms with Gasteiger partial charge in [0.15, 0.2) is 0 Å². The van der Waals surface area contributed by atoms with Crippen LogP contribution in [0.25, 0.3) is 0 Å². The Balaban J connectivity index is 1.58. The van der Waals surface area contributed by atoms with Crippen molar-refractivity contribution in [2.75, 3.05) is 13.1 Å². The predicted molar refractivity (Wildman–Crippen MR) is 129 cm³/mol. The van der Waals surface area contributed by atoms with Gasteiger partial charge in [-0.3, -0.25) is 19.2 Å². The molecule has 2 bridgehead atoms. The van der Waals surface area contributed by atoms with Gasteiger partial charge in [-0.25, -0.2) is 0 Å². The summed E-state index contributed by atoms with van der Waals surface area (Å²) in [5.74, 6) is -6.68. The Morgan fingerprint density at radius 3 is 2.43 bits per heavy atom. The van der Waals surface area contributed by atoms with Crippen molar-refractivity contribution in [3.8, 4) is 6.07 Å². The second kappa shape index (κ2) is 9.69. The highest BCUT2D eigenvalue weighted by molar-refractivity contribution is 5.94. The van der Waals surface area contributed by atoms with Crippen molar-refractivity contribution < 1.29 is 28.0 Å². The molecule has 4 aliphatic rings. The molecule has 202 valence electrons. The lowest BCUT2D eigenvalue weighted by Crippen LogP contribution is -2.60. The summed E-state index contributed by atoms with van der Waals surface area (Å²) in [5, 5.41) is 17.4. The Labute approximate surface area is 215 Å². The van der Waals surface area contributed by atoms with E-state index in [0.29, 0.717) is 19.9 Å². The molecule has 4 amide bonds. The van der Waals surface area contributed by atoms with Gasteiger partial charge in [0.05, 0.1) is 6.07 Å². The zero-order chi connectivity index (χ0) is 27.3. The van der Waals surface area contributed by atoms with E-state index in [1.807, 2.05) is 0 Å². The van der Waals surface area contributed by atoms with E-state index in [2.05, 4.69) is 34.2 Å². The van der Waals surface area contributed by atoms with Gasteiger partial charge in [0.1, 0.15) is 18.1 Å². The number of rotatable bonds is 7. The number of hydrogen-bond donors (Lipinski definition) is 3. The van der Waals surface area contributed by atoms with Crippen LogP contribution in [0.3, 0.4) is 0 Å². The van der Waals surface area contributed by atoms with Gasteiger partial charge < -0.3 is 20.9 Å². The third-order valence-electron chi connectivity index (χ3n) is 8.29. The van der Waals surface area contributed by atoms with Crippen LogP contribution in [0.4, 0.5) is 8.78 Å². The fourth-order valence-corrected chi connectivity index (χ4v) is 6.41. The maximum atomic E-state index is 13.9. The van der Waals surface area contributed by atoms with Gasteiger partial charge in [0, 0.05) is 25.9 Å². The number of alkyl halides is 2. The molecule has 0 unspecified atom stereocenters. The SMILES string of the molecule is CC(F)(F)C(=O)N[C@H](C(=O)N1C[C@H]2[C@@H]([C@H]1C(=O)N[C@H](C#N)C[C@@H]1CCNC1=O)[C@H]1C=C[C@@H]2C1)C(C)(C)C. The van der Waals surface area contributed by atoms with Crippen LogP contribution in [0.5, 0.6) is 0 Å². The highest BCUT2D eigenvalue weighted by atomic mass is 19.3. The monoisotopic (exact) mass is 519 g/mol. The zero-order valence-corrected chi connectivity index (χ0v) is 21.6. The van der Waals surface area contributed by atoms with Gasteiger partial charge in [-0.1, -0.05) is 32.9 Å². The lowest BCUT2D eigenvalue weighted by molar-refractivity contribution is -0.151. The Kier molecular flexibility index (Phi) is 7.08. The van der Waals surface area contributed by atoms with Crippen LogP contribution in [0, 0.1) is 46.3 Å². The molecule has 9 nitrogen and oxygen atoms in total. The van der Waals surface area contributed by atoms with E-state index >= 15 is 0 Å². The molecule has 2 aliphatic carbocycles. The molecular formula is C26H35F2N5O4. The molecule has 2 aliphatic heterocycles. The Morgan fingerprint density at radius 1 is 1.19 bits per heavy atom. The van der Waals surface area contributed by atoms with Gasteiger partial charge in [-0.2, -0.15) is 14.0 Å². The van der Waals surface area contributed by atoms with E-state index in [9.17, 15) is 33.2 Å². The van der Waals surface area contributed by atoms with Crippen molar-refractivity contribution in [1.29, 1.82) is 5.26 Å². The van der Waals surface area contributed by atoms with Crippen molar-refractivity contribution >= 4 is 23.6 Å². The van der Waals surface area contributed by atoms with Crippen molar-refractivity contribution in [2.24, 2.45) is 35.0 Å². The van der Waals surface area contributed by atoms with Crippen LogP contribution < -0.4 is 16.0 Å². The predicted octanol–water partition coefficient (Wildman–Crippen LogP) is 1.36. The largest absolute Gasteiger partial charge is 0.356 e. The lowest BCUT2D eigenvalue weighted by atomic mass is 9.81. The average Bonchev–Trinajstić information content (AvgIpc) is 3.57.